The molecule has 1 aromatic heterocycles. The Morgan fingerprint density at radius 2 is 1.91 bits per heavy atom. The number of aromatic nitrogens is 2. The van der Waals surface area contributed by atoms with Gasteiger partial charge >= 0.3 is 0 Å². The van der Waals surface area contributed by atoms with Gasteiger partial charge in [-0.3, -0.25) is 9.59 Å². The van der Waals surface area contributed by atoms with Crippen LogP contribution in [-0.2, 0) is 6.54 Å². The van der Waals surface area contributed by atoms with Crippen LogP contribution in [-0.4, -0.2) is 33.7 Å². The van der Waals surface area contributed by atoms with Crippen molar-refractivity contribution in [3.05, 3.63) is 64.1 Å². The zero-order valence-electron chi connectivity index (χ0n) is 12.4. The number of carbonyl (C=O) groups is 1. The molecule has 5 nitrogen and oxygen atoms in total. The summed E-state index contributed by atoms with van der Waals surface area (Å²) in [6, 6.07) is 10.6. The molecule has 22 heavy (non-hydrogen) atoms. The van der Waals surface area contributed by atoms with Crippen LogP contribution in [0.5, 0.6) is 0 Å². The molecule has 0 N–H and O–H groups in total. The number of rotatable bonds is 3. The van der Waals surface area contributed by atoms with Gasteiger partial charge in [-0.2, -0.15) is 5.10 Å². The Balaban J connectivity index is 1.79. The van der Waals surface area contributed by atoms with E-state index in [1.54, 1.807) is 12.3 Å². The second kappa shape index (κ2) is 6.56. The number of hydrogen-bond acceptors (Lipinski definition) is 3. The average molecular weight is 297 g/mol. The van der Waals surface area contributed by atoms with Gasteiger partial charge in [0, 0.05) is 30.9 Å². The minimum absolute atomic E-state index is 0.0786. The molecule has 1 aliphatic heterocycles. The Kier molecular flexibility index (Phi) is 4.32. The van der Waals surface area contributed by atoms with Crippen LogP contribution < -0.4 is 5.56 Å². The summed E-state index contributed by atoms with van der Waals surface area (Å²) in [5.41, 5.74) is 1.45. The van der Waals surface area contributed by atoms with Gasteiger partial charge in [-0.15, -0.1) is 0 Å². The van der Waals surface area contributed by atoms with Gasteiger partial charge in [-0.1, -0.05) is 12.1 Å². The Morgan fingerprint density at radius 1 is 1.09 bits per heavy atom. The molecule has 0 aliphatic carbocycles. The lowest BCUT2D eigenvalue weighted by molar-refractivity contribution is 0.0724. The highest BCUT2D eigenvalue weighted by Gasteiger charge is 2.18. The van der Waals surface area contributed by atoms with Crippen LogP contribution in [0.15, 0.2) is 47.4 Å². The Labute approximate surface area is 129 Å². The van der Waals surface area contributed by atoms with Crippen molar-refractivity contribution >= 4 is 5.91 Å². The van der Waals surface area contributed by atoms with Crippen LogP contribution in [0, 0.1) is 0 Å². The Morgan fingerprint density at radius 3 is 2.68 bits per heavy atom. The molecule has 2 heterocycles. The quantitative estimate of drug-likeness (QED) is 0.869. The number of amides is 1. The van der Waals surface area contributed by atoms with Crippen LogP contribution in [0.2, 0.25) is 0 Å². The van der Waals surface area contributed by atoms with E-state index in [9.17, 15) is 9.59 Å². The van der Waals surface area contributed by atoms with Gasteiger partial charge in [0.2, 0.25) is 0 Å². The molecular weight excluding hydrogens is 278 g/mol. The van der Waals surface area contributed by atoms with Gasteiger partial charge in [0.15, 0.2) is 0 Å². The van der Waals surface area contributed by atoms with Crippen molar-refractivity contribution in [3.63, 3.8) is 0 Å². The highest BCUT2D eigenvalue weighted by atomic mass is 16.2. The van der Waals surface area contributed by atoms with E-state index >= 15 is 0 Å². The molecule has 0 radical (unpaired) electrons. The lowest BCUT2D eigenvalue weighted by Gasteiger charge is -2.26. The van der Waals surface area contributed by atoms with E-state index in [-0.39, 0.29) is 11.5 Å². The summed E-state index contributed by atoms with van der Waals surface area (Å²) >= 11 is 0. The van der Waals surface area contributed by atoms with Gasteiger partial charge in [0.05, 0.1) is 6.54 Å². The maximum atomic E-state index is 12.5. The van der Waals surface area contributed by atoms with E-state index in [1.807, 2.05) is 29.2 Å². The molecule has 1 aromatic carbocycles. The van der Waals surface area contributed by atoms with Crippen molar-refractivity contribution in [3.8, 4) is 0 Å². The molecule has 0 spiro atoms. The number of benzene rings is 1. The third kappa shape index (κ3) is 3.24. The summed E-state index contributed by atoms with van der Waals surface area (Å²) in [5.74, 6) is 0.0786. The van der Waals surface area contributed by atoms with E-state index in [4.69, 9.17) is 0 Å². The molecule has 0 saturated carbocycles. The molecule has 1 aliphatic rings. The first-order valence-electron chi connectivity index (χ1n) is 7.64. The fraction of sp³-hybridized carbons (Fsp3) is 0.353. The molecule has 1 saturated heterocycles. The zero-order valence-corrected chi connectivity index (χ0v) is 12.4. The van der Waals surface area contributed by atoms with Crippen LogP contribution >= 0.6 is 0 Å². The van der Waals surface area contributed by atoms with E-state index in [2.05, 4.69) is 5.10 Å². The standard InChI is InChI=1S/C17H19N3O2/c21-16-8-5-9-18-20(16)13-14-6-4-7-15(12-14)17(22)19-10-2-1-3-11-19/h4-9,12H,1-3,10-11,13H2. The minimum Gasteiger partial charge on any atom is -0.339 e. The number of carbonyl (C=O) groups excluding carboxylic acids is 1. The summed E-state index contributed by atoms with van der Waals surface area (Å²) in [4.78, 5) is 26.1. The second-order valence-corrected chi connectivity index (χ2v) is 5.57. The van der Waals surface area contributed by atoms with Gasteiger partial charge in [0.1, 0.15) is 0 Å². The smallest absolute Gasteiger partial charge is 0.267 e. The van der Waals surface area contributed by atoms with Gasteiger partial charge < -0.3 is 4.90 Å². The van der Waals surface area contributed by atoms with Crippen molar-refractivity contribution < 1.29 is 4.79 Å². The summed E-state index contributed by atoms with van der Waals surface area (Å²) in [5, 5.41) is 4.05. The second-order valence-electron chi connectivity index (χ2n) is 5.57. The van der Waals surface area contributed by atoms with Crippen molar-refractivity contribution in [1.82, 2.24) is 14.7 Å². The van der Waals surface area contributed by atoms with Crippen LogP contribution in [0.25, 0.3) is 0 Å². The van der Waals surface area contributed by atoms with Crippen molar-refractivity contribution in [1.29, 1.82) is 0 Å². The molecule has 3 rings (SSSR count). The largest absolute Gasteiger partial charge is 0.339 e. The lowest BCUT2D eigenvalue weighted by Crippen LogP contribution is -2.35. The molecule has 2 aromatic rings. The van der Waals surface area contributed by atoms with Crippen LogP contribution in [0.4, 0.5) is 0 Å². The molecule has 114 valence electrons. The molecule has 5 heteroatoms. The first-order valence-corrected chi connectivity index (χ1v) is 7.64. The maximum Gasteiger partial charge on any atom is 0.267 e. The highest BCUT2D eigenvalue weighted by Crippen LogP contribution is 2.14. The SMILES string of the molecule is O=C(c1cccc(Cn2ncccc2=O)c1)N1CCCCC1. The Hall–Kier alpha value is -2.43. The van der Waals surface area contributed by atoms with E-state index < -0.39 is 0 Å². The van der Waals surface area contributed by atoms with E-state index in [1.165, 1.54) is 17.2 Å². The molecular formula is C17H19N3O2. The zero-order chi connectivity index (χ0) is 15.4. The maximum absolute atomic E-state index is 12.5. The van der Waals surface area contributed by atoms with Crippen molar-refractivity contribution in [2.24, 2.45) is 0 Å². The van der Waals surface area contributed by atoms with Gasteiger partial charge in [-0.05, 0) is 43.0 Å². The predicted octanol–water partition coefficient (Wildman–Crippen LogP) is 1.92. The lowest BCUT2D eigenvalue weighted by atomic mass is 10.1. The number of likely N-dealkylation sites (tertiary alicyclic amines) is 1. The van der Waals surface area contributed by atoms with Gasteiger partial charge in [0.25, 0.3) is 11.5 Å². The molecule has 1 fully saturated rings. The predicted molar refractivity (Wildman–Crippen MR) is 83.8 cm³/mol. The fourth-order valence-corrected chi connectivity index (χ4v) is 2.76. The first-order chi connectivity index (χ1) is 10.7. The number of hydrogen-bond donors (Lipinski definition) is 0. The summed E-state index contributed by atoms with van der Waals surface area (Å²) in [6.45, 7) is 2.05. The fourth-order valence-electron chi connectivity index (χ4n) is 2.76. The van der Waals surface area contributed by atoms with Crippen LogP contribution in [0.1, 0.15) is 35.2 Å². The third-order valence-corrected chi connectivity index (χ3v) is 3.93. The minimum atomic E-state index is -0.143. The van der Waals surface area contributed by atoms with Gasteiger partial charge in [-0.25, -0.2) is 4.68 Å². The van der Waals surface area contributed by atoms with E-state index in [0.29, 0.717) is 12.1 Å². The Bertz CT molecular complexity index is 718. The van der Waals surface area contributed by atoms with Crippen molar-refractivity contribution in [2.75, 3.05) is 13.1 Å². The number of nitrogens with zero attached hydrogens (tertiary/aromatic N) is 3. The summed E-state index contributed by atoms with van der Waals surface area (Å²) < 4.78 is 1.39. The van der Waals surface area contributed by atoms with Crippen molar-refractivity contribution in [2.45, 2.75) is 25.8 Å². The number of piperidine rings is 1. The molecule has 0 bridgehead atoms. The normalized spacial score (nSPS) is 14.8. The monoisotopic (exact) mass is 297 g/mol. The third-order valence-electron chi connectivity index (χ3n) is 3.93. The molecule has 1 amide bonds. The highest BCUT2D eigenvalue weighted by molar-refractivity contribution is 5.94. The molecule has 0 unspecified atom stereocenters. The molecule has 0 atom stereocenters. The average Bonchev–Trinajstić information content (AvgIpc) is 2.57. The summed E-state index contributed by atoms with van der Waals surface area (Å²) in [7, 11) is 0. The topological polar surface area (TPSA) is 55.2 Å². The van der Waals surface area contributed by atoms with Crippen LogP contribution in [0.3, 0.4) is 0 Å². The van der Waals surface area contributed by atoms with E-state index in [0.717, 1.165) is 31.5 Å². The summed E-state index contributed by atoms with van der Waals surface area (Å²) in [6.07, 6.45) is 4.94. The first kappa shape index (κ1) is 14.5.